The smallest absolute Gasteiger partial charge is 0.465 e. The number of nitrogens with zero attached hydrogens (tertiary/aromatic N) is 3. The summed E-state index contributed by atoms with van der Waals surface area (Å²) in [6.45, 7) is 3.54. The van der Waals surface area contributed by atoms with Crippen LogP contribution in [0.25, 0.3) is 11.3 Å². The van der Waals surface area contributed by atoms with E-state index in [1.165, 1.54) is 71.1 Å². The van der Waals surface area contributed by atoms with Crippen LogP contribution in [0.3, 0.4) is 0 Å². The van der Waals surface area contributed by atoms with Gasteiger partial charge in [-0.1, -0.05) is 12.1 Å². The van der Waals surface area contributed by atoms with Gasteiger partial charge in [0.05, 0.1) is 47.4 Å². The lowest BCUT2D eigenvalue weighted by molar-refractivity contribution is -0.221. The minimum atomic E-state index is -5.32. The Morgan fingerprint density at radius 1 is 0.782 bits per heavy atom. The molecule has 4 amide bonds. The number of phosphoric ester groups is 1. The second-order valence-electron chi connectivity index (χ2n) is 20.2. The lowest BCUT2D eigenvalue weighted by Crippen LogP contribution is -2.64. The Hall–Kier alpha value is -5.50. The van der Waals surface area contributed by atoms with Gasteiger partial charge in [0, 0.05) is 27.4 Å². The Kier molecular flexibility index (Phi) is 22.4. The minimum absolute atomic E-state index is 0.155. The van der Waals surface area contributed by atoms with E-state index in [0.717, 1.165) is 19.4 Å². The van der Waals surface area contributed by atoms with Crippen molar-refractivity contribution < 1.29 is 105 Å². The van der Waals surface area contributed by atoms with Gasteiger partial charge in [-0.25, -0.2) is 41.9 Å². The molecule has 2 aromatic carbocycles. The Labute approximate surface area is 454 Å². The summed E-state index contributed by atoms with van der Waals surface area (Å²) in [7, 11) is -3.94. The lowest BCUT2D eigenvalue weighted by Gasteiger charge is -2.38. The molecule has 78 heavy (non-hydrogen) atoms. The van der Waals surface area contributed by atoms with Crippen molar-refractivity contribution in [3.05, 3.63) is 75.0 Å². The molecule has 3 rings (SSSR count). The van der Waals surface area contributed by atoms with Gasteiger partial charge >= 0.3 is 45.1 Å². The average Bonchev–Trinajstić information content (AvgIpc) is 3.77. The number of hydrogen-bond acceptors (Lipinski definition) is 14. The fourth-order valence-electron chi connectivity index (χ4n) is 6.76. The van der Waals surface area contributed by atoms with Gasteiger partial charge in [0.15, 0.2) is 0 Å². The Morgan fingerprint density at radius 3 is 1.74 bits per heavy atom. The van der Waals surface area contributed by atoms with E-state index in [9.17, 15) is 68.8 Å². The number of halogens is 11. The Balaban J connectivity index is 2.38. The van der Waals surface area contributed by atoms with Crippen LogP contribution in [0.1, 0.15) is 86.9 Å². The van der Waals surface area contributed by atoms with Crippen LogP contribution in [0.4, 0.5) is 58.3 Å². The molecule has 0 aliphatic heterocycles. The molecule has 0 unspecified atom stereocenters. The molecule has 4 atom stereocenters. The van der Waals surface area contributed by atoms with E-state index in [1.807, 2.05) is 28.0 Å². The normalized spacial score (nSPS) is 14.5. The molecule has 438 valence electrons. The second-order valence-corrected chi connectivity index (χ2v) is 23.0. The zero-order valence-electron chi connectivity index (χ0n) is 43.6. The summed E-state index contributed by atoms with van der Waals surface area (Å²) < 4.78 is 193. The Morgan fingerprint density at radius 2 is 1.29 bits per heavy atom. The highest BCUT2D eigenvalue weighted by molar-refractivity contribution is 14.1. The summed E-state index contributed by atoms with van der Waals surface area (Å²) in [5.74, 6) is -6.60. The van der Waals surface area contributed by atoms with Crippen molar-refractivity contribution in [2.45, 2.75) is 137 Å². The largest absolute Gasteiger partial charge is 0.510 e. The first-order valence-corrected chi connectivity index (χ1v) is 25.4. The van der Waals surface area contributed by atoms with E-state index < -0.39 is 152 Å². The fraction of sp³-hybridized carbons (Fsp3) is 0.565. The number of aromatic nitrogens is 2. The SMILES string of the molecule is COC(=O)N[C@H](C(=O)NN(Cc1c(F)cc(-c2ccn(C(F)F)n2)cc1F)C[C@H](OC(=O)OCOP(=O)(OC(C)(C)C)OC(C)(C)C)[C@H](Cc1ccc(I)cc1)NC(=O)[C@@H](NC(=O)O)C(C)(C)C(F)(F)F)C(C)(C)C(F)(F)F. The van der Waals surface area contributed by atoms with Gasteiger partial charge in [-0.05, 0) is 134 Å². The van der Waals surface area contributed by atoms with Crippen LogP contribution < -0.4 is 21.4 Å². The highest BCUT2D eigenvalue weighted by atomic mass is 127. The van der Waals surface area contributed by atoms with Gasteiger partial charge < -0.3 is 35.3 Å². The number of nitrogens with one attached hydrogen (secondary N) is 4. The summed E-state index contributed by atoms with van der Waals surface area (Å²) in [5, 5.41) is 19.0. The van der Waals surface area contributed by atoms with Crippen LogP contribution in [0.5, 0.6) is 0 Å². The van der Waals surface area contributed by atoms with Crippen LogP contribution in [-0.4, -0.2) is 118 Å². The van der Waals surface area contributed by atoms with Gasteiger partial charge in [-0.2, -0.15) is 40.2 Å². The van der Waals surface area contributed by atoms with Gasteiger partial charge in [-0.15, -0.1) is 0 Å². The molecule has 0 bridgehead atoms. The van der Waals surface area contributed by atoms with E-state index in [2.05, 4.69) is 15.2 Å². The number of amides is 4. The molecule has 20 nitrogen and oxygen atoms in total. The highest BCUT2D eigenvalue weighted by Crippen LogP contribution is 2.55. The molecule has 5 N–H and O–H groups in total. The molecule has 1 heterocycles. The van der Waals surface area contributed by atoms with Gasteiger partial charge in [0.1, 0.15) is 29.8 Å². The molecule has 32 heteroatoms. The van der Waals surface area contributed by atoms with Crippen LogP contribution in [-0.2, 0) is 54.9 Å². The molecule has 0 aliphatic carbocycles. The highest BCUT2D eigenvalue weighted by Gasteiger charge is 2.57. The summed E-state index contributed by atoms with van der Waals surface area (Å²) >= 11 is 1.90. The topological polar surface area (TPSA) is 247 Å². The number of ether oxygens (including phenoxy) is 3. The van der Waals surface area contributed by atoms with Crippen molar-refractivity contribution in [3.63, 3.8) is 0 Å². The molecule has 3 aromatic rings. The molecule has 0 saturated carbocycles. The fourth-order valence-corrected chi connectivity index (χ4v) is 8.78. The maximum atomic E-state index is 16.3. The van der Waals surface area contributed by atoms with Crippen LogP contribution in [0, 0.1) is 26.0 Å². The van der Waals surface area contributed by atoms with E-state index in [-0.39, 0.29) is 15.9 Å². The third-order valence-electron chi connectivity index (χ3n) is 11.0. The third kappa shape index (κ3) is 19.4. The molecular formula is C46H59F10IN7O13P. The first kappa shape index (κ1) is 66.8. The van der Waals surface area contributed by atoms with Crippen molar-refractivity contribution in [3.8, 4) is 11.3 Å². The number of phosphoric acid groups is 1. The lowest BCUT2D eigenvalue weighted by atomic mass is 9.82. The molecule has 0 aliphatic rings. The van der Waals surface area contributed by atoms with E-state index in [4.69, 9.17) is 23.0 Å². The second kappa shape index (κ2) is 26.2. The number of benzene rings is 2. The number of hydrazine groups is 1. The summed E-state index contributed by atoms with van der Waals surface area (Å²) in [4.78, 5) is 66.7. The minimum Gasteiger partial charge on any atom is -0.465 e. The molecule has 1 aromatic heterocycles. The number of carboxylic acid groups (broad SMARTS) is 1. The third-order valence-corrected chi connectivity index (χ3v) is 13.6. The quantitative estimate of drug-likeness (QED) is 0.0148. The van der Waals surface area contributed by atoms with Crippen LogP contribution >= 0.6 is 30.4 Å². The molecule has 0 radical (unpaired) electrons. The van der Waals surface area contributed by atoms with Crippen molar-refractivity contribution >= 4 is 60.6 Å². The van der Waals surface area contributed by atoms with E-state index in [0.29, 0.717) is 48.4 Å². The number of carbonyl (C=O) groups excluding carboxylic acids is 4. The maximum Gasteiger partial charge on any atom is 0.510 e. The molecule has 0 spiro atoms. The summed E-state index contributed by atoms with van der Waals surface area (Å²) in [6.07, 6.45) is -18.3. The van der Waals surface area contributed by atoms with Crippen molar-refractivity contribution in [2.24, 2.45) is 10.8 Å². The number of carbonyl (C=O) groups is 5. The zero-order chi connectivity index (χ0) is 59.7. The van der Waals surface area contributed by atoms with Gasteiger partial charge in [0.2, 0.25) is 12.7 Å². The number of rotatable bonds is 23. The summed E-state index contributed by atoms with van der Waals surface area (Å²) in [6, 6.07) is 0.620. The molecule has 0 saturated heterocycles. The predicted octanol–water partition coefficient (Wildman–Crippen LogP) is 10.2. The van der Waals surface area contributed by atoms with Gasteiger partial charge in [-0.3, -0.25) is 24.1 Å². The number of hydrogen-bond donors (Lipinski definition) is 5. The first-order valence-electron chi connectivity index (χ1n) is 22.9. The molecular weight excluding hydrogens is 1210 g/mol. The van der Waals surface area contributed by atoms with Crippen molar-refractivity contribution in [1.29, 1.82) is 0 Å². The zero-order valence-corrected chi connectivity index (χ0v) is 46.7. The first-order chi connectivity index (χ1) is 35.5. The number of alkyl carbamates (subject to hydrolysis) is 1. The van der Waals surface area contributed by atoms with Gasteiger partial charge in [0.25, 0.3) is 5.91 Å². The monoisotopic (exact) mass is 1270 g/mol. The number of alkyl halides is 8. The van der Waals surface area contributed by atoms with Crippen molar-refractivity contribution in [2.75, 3.05) is 20.4 Å². The van der Waals surface area contributed by atoms with Crippen LogP contribution in [0.15, 0.2) is 48.7 Å². The maximum absolute atomic E-state index is 16.3. The standard InChI is InChI=1S/C46H59F10IN7O13P/c1-41(2,3)76-78(71,77-42(4,5)6)74-23-73-40(70)75-32(31(18-24-12-14-26(57)15-13-24)58-35(65)33(59-38(67)68)43(7,8)45(51,52)53)22-63(62-36(66)34(60-39(69)72-11)44(9,10)46(54,55)56)21-27-28(47)19-25(20-29(27)48)30-16-17-64(61-30)37(49)50/h12-17,19-20,31-34,37,59H,18,21-23H2,1-11H3,(H,58,65)(H,60,69)(H,62,66)(H,67,68)/t31-,32-,33+,34+/m0/s1. The van der Waals surface area contributed by atoms with Crippen molar-refractivity contribution in [1.82, 2.24) is 36.2 Å². The predicted molar refractivity (Wildman–Crippen MR) is 263 cm³/mol. The Bertz CT molecular complexity index is 2590. The van der Waals surface area contributed by atoms with E-state index in [1.54, 1.807) is 5.32 Å². The van der Waals surface area contributed by atoms with Crippen LogP contribution in [0.2, 0.25) is 0 Å². The van der Waals surface area contributed by atoms with E-state index >= 15 is 8.78 Å². The molecule has 0 fully saturated rings. The summed E-state index contributed by atoms with van der Waals surface area (Å²) in [5.41, 5.74) is -8.61. The number of methoxy groups -OCH3 is 1. The average molecular weight is 1270 g/mol.